The fourth-order valence-corrected chi connectivity index (χ4v) is 3.43. The zero-order chi connectivity index (χ0) is 24.4. The summed E-state index contributed by atoms with van der Waals surface area (Å²) in [6, 6.07) is 12.5. The number of rotatable bonds is 7. The Balaban J connectivity index is 1.47. The third-order valence-electron chi connectivity index (χ3n) is 5.14. The Bertz CT molecular complexity index is 1410. The molecule has 0 saturated heterocycles. The number of hydrogen-bond donors (Lipinski definition) is 2. The maximum absolute atomic E-state index is 13.1. The summed E-state index contributed by atoms with van der Waals surface area (Å²) in [6.45, 7) is 4.36. The van der Waals surface area contributed by atoms with Crippen molar-refractivity contribution in [2.75, 3.05) is 19.1 Å². The van der Waals surface area contributed by atoms with E-state index >= 15 is 0 Å². The summed E-state index contributed by atoms with van der Waals surface area (Å²) < 4.78 is 22.3. The van der Waals surface area contributed by atoms with Gasteiger partial charge in [0.25, 0.3) is 5.91 Å². The van der Waals surface area contributed by atoms with Crippen molar-refractivity contribution in [3.63, 3.8) is 0 Å². The van der Waals surface area contributed by atoms with Gasteiger partial charge in [-0.3, -0.25) is 4.79 Å². The minimum absolute atomic E-state index is 0.0190. The molecule has 1 aliphatic rings. The smallest absolute Gasteiger partial charge is 0.294 e. The van der Waals surface area contributed by atoms with Crippen LogP contribution in [0.1, 0.15) is 29.9 Å². The summed E-state index contributed by atoms with van der Waals surface area (Å²) in [5.74, 6) is 1.31. The molecule has 0 atom stereocenters. The van der Waals surface area contributed by atoms with Crippen molar-refractivity contribution < 1.29 is 23.6 Å². The van der Waals surface area contributed by atoms with Crippen LogP contribution in [0.4, 0.5) is 5.82 Å². The first-order chi connectivity index (χ1) is 17.0. The predicted octanol–water partition coefficient (Wildman–Crippen LogP) is 2.18. The van der Waals surface area contributed by atoms with Crippen molar-refractivity contribution in [1.82, 2.24) is 30.7 Å². The summed E-state index contributed by atoms with van der Waals surface area (Å²) in [4.78, 5) is 13.1. The number of nitrogens with one attached hydrogen (secondary N) is 1. The lowest BCUT2D eigenvalue weighted by Gasteiger charge is -2.07. The van der Waals surface area contributed by atoms with Gasteiger partial charge in [-0.05, 0) is 72.2 Å². The summed E-state index contributed by atoms with van der Waals surface area (Å²) in [5, 5.41) is 19.7. The van der Waals surface area contributed by atoms with Crippen LogP contribution < -0.4 is 25.4 Å². The fraction of sp³-hybridized carbons (Fsp3) is 0.182. The molecule has 2 aromatic carbocycles. The third kappa shape index (κ3) is 4.21. The maximum Gasteiger partial charge on any atom is 0.294 e. The minimum atomic E-state index is -0.593. The van der Waals surface area contributed by atoms with Gasteiger partial charge in [-0.15, -0.1) is 5.10 Å². The quantitative estimate of drug-likeness (QED) is 0.298. The molecule has 35 heavy (non-hydrogen) atoms. The average Bonchev–Trinajstić information content (AvgIpc) is 3.61. The molecule has 0 radical (unpaired) electrons. The van der Waals surface area contributed by atoms with Gasteiger partial charge in [0.15, 0.2) is 17.2 Å². The van der Waals surface area contributed by atoms with E-state index in [1.165, 1.54) is 4.68 Å². The van der Waals surface area contributed by atoms with Crippen molar-refractivity contribution in [3.05, 3.63) is 53.7 Å². The van der Waals surface area contributed by atoms with Gasteiger partial charge in [-0.1, -0.05) is 5.21 Å². The van der Waals surface area contributed by atoms with Crippen molar-refractivity contribution >= 4 is 17.4 Å². The molecular formula is C22H20N8O5. The second-order valence-corrected chi connectivity index (χ2v) is 7.34. The van der Waals surface area contributed by atoms with Crippen molar-refractivity contribution in [1.29, 1.82) is 0 Å². The predicted molar refractivity (Wildman–Crippen MR) is 122 cm³/mol. The van der Waals surface area contributed by atoms with Crippen LogP contribution in [0.2, 0.25) is 0 Å². The number of nitrogen functional groups attached to an aromatic ring is 1. The lowest BCUT2D eigenvalue weighted by molar-refractivity contribution is 0.0950. The van der Waals surface area contributed by atoms with E-state index in [4.69, 9.17) is 24.6 Å². The number of ether oxygens (including phenoxy) is 3. The number of fused-ring (bicyclic) bond motifs is 1. The number of hydrogen-bond acceptors (Lipinski definition) is 11. The molecule has 0 fully saturated rings. The zero-order valence-electron chi connectivity index (χ0n) is 18.8. The van der Waals surface area contributed by atoms with Gasteiger partial charge in [0.2, 0.25) is 18.4 Å². The number of nitrogens with zero attached hydrogens (tertiary/aromatic N) is 6. The molecule has 1 amide bonds. The van der Waals surface area contributed by atoms with Crippen LogP contribution in [0, 0.1) is 0 Å². The first-order valence-electron chi connectivity index (χ1n) is 10.6. The number of carbonyl (C=O) groups is 1. The van der Waals surface area contributed by atoms with Gasteiger partial charge >= 0.3 is 0 Å². The number of benzene rings is 2. The molecule has 3 heterocycles. The molecule has 0 spiro atoms. The SMILES string of the molecule is CCOc1ccc(C(C)=NNC(=O)c2nnn(-c3nonc3N)c2-c2ccc3c(c2)OCO3)cc1. The van der Waals surface area contributed by atoms with Crippen LogP contribution >= 0.6 is 0 Å². The van der Waals surface area contributed by atoms with Crippen LogP contribution in [0.15, 0.2) is 52.2 Å². The molecule has 178 valence electrons. The third-order valence-corrected chi connectivity index (χ3v) is 5.14. The molecule has 0 unspecified atom stereocenters. The van der Waals surface area contributed by atoms with Crippen LogP contribution in [-0.4, -0.2) is 50.3 Å². The molecule has 13 heteroatoms. The van der Waals surface area contributed by atoms with Gasteiger partial charge < -0.3 is 19.9 Å². The molecule has 0 bridgehead atoms. The first kappa shape index (κ1) is 21.9. The average molecular weight is 476 g/mol. The normalized spacial score (nSPS) is 12.6. The van der Waals surface area contributed by atoms with E-state index in [2.05, 4.69) is 31.2 Å². The van der Waals surface area contributed by atoms with Crippen molar-refractivity contribution in [2.24, 2.45) is 5.10 Å². The van der Waals surface area contributed by atoms with E-state index in [1.54, 1.807) is 25.1 Å². The Morgan fingerprint density at radius 3 is 2.71 bits per heavy atom. The van der Waals surface area contributed by atoms with Gasteiger partial charge in [-0.25, -0.2) is 10.1 Å². The van der Waals surface area contributed by atoms with E-state index < -0.39 is 5.91 Å². The highest BCUT2D eigenvalue weighted by Gasteiger charge is 2.27. The highest BCUT2D eigenvalue weighted by molar-refractivity contribution is 6.02. The molecule has 5 rings (SSSR count). The van der Waals surface area contributed by atoms with E-state index in [0.717, 1.165) is 11.3 Å². The number of carbonyl (C=O) groups excluding carboxylic acids is 1. The number of anilines is 1. The van der Waals surface area contributed by atoms with Crippen molar-refractivity contribution in [3.8, 4) is 34.3 Å². The van der Waals surface area contributed by atoms with Crippen LogP contribution in [0.5, 0.6) is 17.2 Å². The monoisotopic (exact) mass is 476 g/mol. The molecule has 0 aliphatic carbocycles. The van der Waals surface area contributed by atoms with Gasteiger partial charge in [0, 0.05) is 5.56 Å². The summed E-state index contributed by atoms with van der Waals surface area (Å²) in [5.41, 5.74) is 10.6. The first-order valence-corrected chi connectivity index (χ1v) is 10.6. The Labute approximate surface area is 198 Å². The van der Waals surface area contributed by atoms with E-state index in [1.807, 2.05) is 31.2 Å². The zero-order valence-corrected chi connectivity index (χ0v) is 18.8. The fourth-order valence-electron chi connectivity index (χ4n) is 3.43. The molecule has 1 aliphatic heterocycles. The largest absolute Gasteiger partial charge is 0.494 e. The number of nitrogens with two attached hydrogens (primary N) is 1. The molecular weight excluding hydrogens is 456 g/mol. The minimum Gasteiger partial charge on any atom is -0.494 e. The molecule has 2 aromatic heterocycles. The lowest BCUT2D eigenvalue weighted by atomic mass is 10.1. The lowest BCUT2D eigenvalue weighted by Crippen LogP contribution is -2.21. The van der Waals surface area contributed by atoms with Crippen LogP contribution in [-0.2, 0) is 0 Å². The second-order valence-electron chi connectivity index (χ2n) is 7.34. The molecule has 4 aromatic rings. The van der Waals surface area contributed by atoms with Crippen molar-refractivity contribution in [2.45, 2.75) is 13.8 Å². The van der Waals surface area contributed by atoms with Crippen LogP contribution in [0.25, 0.3) is 17.1 Å². The standard InChI is InChI=1S/C22H20N8O5/c1-3-32-15-7-4-13(5-8-15)12(2)24-26-22(31)18-19(14-6-9-16-17(10-14)34-11-33-16)30(29-25-18)21-20(23)27-35-28-21/h4-10H,3,11H2,1-2H3,(H2,23,27)(H,26,31). The topological polar surface area (TPSA) is 165 Å². The summed E-state index contributed by atoms with van der Waals surface area (Å²) >= 11 is 0. The second kappa shape index (κ2) is 9.13. The van der Waals surface area contributed by atoms with E-state index in [-0.39, 0.29) is 29.8 Å². The maximum atomic E-state index is 13.1. The van der Waals surface area contributed by atoms with E-state index in [0.29, 0.717) is 29.4 Å². The number of amides is 1. The highest BCUT2D eigenvalue weighted by Crippen LogP contribution is 2.37. The molecule has 0 saturated carbocycles. The Morgan fingerprint density at radius 2 is 1.97 bits per heavy atom. The highest BCUT2D eigenvalue weighted by atomic mass is 16.7. The number of aromatic nitrogens is 5. The Kier molecular flexibility index (Phi) is 5.71. The van der Waals surface area contributed by atoms with Crippen LogP contribution in [0.3, 0.4) is 0 Å². The van der Waals surface area contributed by atoms with E-state index in [9.17, 15) is 4.79 Å². The molecule has 13 nitrogen and oxygen atoms in total. The Morgan fingerprint density at radius 1 is 1.17 bits per heavy atom. The summed E-state index contributed by atoms with van der Waals surface area (Å²) in [7, 11) is 0. The Hall–Kier alpha value is -4.94. The van der Waals surface area contributed by atoms with Gasteiger partial charge in [0.1, 0.15) is 11.4 Å². The van der Waals surface area contributed by atoms with Gasteiger partial charge in [-0.2, -0.15) is 9.78 Å². The molecule has 3 N–H and O–H groups in total. The van der Waals surface area contributed by atoms with Gasteiger partial charge in [0.05, 0.1) is 12.3 Å². The summed E-state index contributed by atoms with van der Waals surface area (Å²) in [6.07, 6.45) is 0. The number of hydrazone groups is 1.